The molecule has 0 aromatic rings. The van der Waals surface area contributed by atoms with Crippen molar-refractivity contribution >= 4 is 31.8 Å². The Balaban J connectivity index is 2.45. The molecule has 24 heavy (non-hydrogen) atoms. The van der Waals surface area contributed by atoms with Gasteiger partial charge in [-0.05, 0) is 30.6 Å². The lowest BCUT2D eigenvalue weighted by Gasteiger charge is -2.37. The smallest absolute Gasteiger partial charge is 0.305 e. The minimum Gasteiger partial charge on any atom is -0.469 e. The van der Waals surface area contributed by atoms with Crippen LogP contribution in [0.1, 0.15) is 40.0 Å². The number of carbonyl (C=O) groups excluding carboxylic acids is 2. The molecule has 1 aliphatic carbocycles. The molecule has 0 N–H and O–H groups in total. The van der Waals surface area contributed by atoms with Crippen molar-refractivity contribution in [3.63, 3.8) is 0 Å². The van der Waals surface area contributed by atoms with E-state index in [9.17, 15) is 9.59 Å². The van der Waals surface area contributed by atoms with E-state index in [1.807, 2.05) is 18.2 Å². The van der Waals surface area contributed by atoms with Crippen LogP contribution >= 0.6 is 11.8 Å². The summed E-state index contributed by atoms with van der Waals surface area (Å²) >= 11 is 1.54. The predicted molar refractivity (Wildman–Crippen MR) is 103 cm³/mol. The lowest BCUT2D eigenvalue weighted by atomic mass is 10.2. The number of esters is 1. The summed E-state index contributed by atoms with van der Waals surface area (Å²) in [5.41, 5.74) is 0. The van der Waals surface area contributed by atoms with Gasteiger partial charge in [-0.1, -0.05) is 32.9 Å². The average molecular weight is 371 g/mol. The van der Waals surface area contributed by atoms with Crippen LogP contribution in [0.4, 0.5) is 0 Å². The summed E-state index contributed by atoms with van der Waals surface area (Å²) in [6.07, 6.45) is 7.36. The molecule has 0 bridgehead atoms. The number of hydrogen-bond donors (Lipinski definition) is 0. The largest absolute Gasteiger partial charge is 0.469 e. The molecule has 0 saturated carbocycles. The fourth-order valence-corrected chi connectivity index (χ4v) is 4.16. The van der Waals surface area contributed by atoms with E-state index in [0.29, 0.717) is 19.3 Å². The first-order chi connectivity index (χ1) is 11.1. The molecule has 1 rings (SSSR count). The van der Waals surface area contributed by atoms with Gasteiger partial charge in [-0.2, -0.15) is 0 Å². The fourth-order valence-electron chi connectivity index (χ4n) is 1.99. The van der Waals surface area contributed by atoms with Crippen LogP contribution in [0.15, 0.2) is 23.1 Å². The summed E-state index contributed by atoms with van der Waals surface area (Å²) in [6, 6.07) is 0. The first kappa shape index (κ1) is 21.2. The normalized spacial score (nSPS) is 19.0. The SMILES string of the molecule is COC(=O)CC/C=C\CSC1=C[C@H](O[Si](C)(C)C(C)(C)C)CC1=O. The van der Waals surface area contributed by atoms with Crippen molar-refractivity contribution in [3.05, 3.63) is 23.1 Å². The lowest BCUT2D eigenvalue weighted by molar-refractivity contribution is -0.140. The van der Waals surface area contributed by atoms with Gasteiger partial charge < -0.3 is 9.16 Å². The van der Waals surface area contributed by atoms with E-state index in [2.05, 4.69) is 38.6 Å². The Hall–Kier alpha value is -0.853. The van der Waals surface area contributed by atoms with Crippen LogP contribution in [0.2, 0.25) is 18.1 Å². The molecule has 0 unspecified atom stereocenters. The van der Waals surface area contributed by atoms with E-state index >= 15 is 0 Å². The highest BCUT2D eigenvalue weighted by molar-refractivity contribution is 8.04. The second-order valence-corrected chi connectivity index (χ2v) is 13.3. The zero-order chi connectivity index (χ0) is 18.4. The zero-order valence-electron chi connectivity index (χ0n) is 15.7. The summed E-state index contributed by atoms with van der Waals surface area (Å²) in [5.74, 6) is 0.698. The molecule has 1 atom stereocenters. The second-order valence-electron chi connectivity index (χ2n) is 7.47. The highest BCUT2D eigenvalue weighted by Crippen LogP contribution is 2.39. The molecular formula is C18H30O4SSi. The predicted octanol–water partition coefficient (Wildman–Crippen LogP) is 4.48. The first-order valence-corrected chi connectivity index (χ1v) is 12.2. The van der Waals surface area contributed by atoms with Gasteiger partial charge in [0.2, 0.25) is 0 Å². The molecule has 0 fully saturated rings. The van der Waals surface area contributed by atoms with Crippen molar-refractivity contribution in [2.24, 2.45) is 0 Å². The molecule has 0 aliphatic heterocycles. The molecular weight excluding hydrogens is 340 g/mol. The number of hydrogen-bond acceptors (Lipinski definition) is 5. The summed E-state index contributed by atoms with van der Waals surface area (Å²) in [4.78, 5) is 23.9. The van der Waals surface area contributed by atoms with Gasteiger partial charge in [0.1, 0.15) is 0 Å². The maximum Gasteiger partial charge on any atom is 0.305 e. The van der Waals surface area contributed by atoms with E-state index in [-0.39, 0.29) is 22.9 Å². The third-order valence-corrected chi connectivity index (χ3v) is 10.0. The zero-order valence-corrected chi connectivity index (χ0v) is 17.5. The second kappa shape index (κ2) is 9.01. The van der Waals surface area contributed by atoms with Gasteiger partial charge in [0.05, 0.1) is 13.2 Å². The van der Waals surface area contributed by atoms with Gasteiger partial charge in [-0.15, -0.1) is 11.8 Å². The van der Waals surface area contributed by atoms with Crippen LogP contribution in [0, 0.1) is 0 Å². The van der Waals surface area contributed by atoms with Crippen LogP contribution in [-0.4, -0.2) is 39.0 Å². The summed E-state index contributed by atoms with van der Waals surface area (Å²) in [7, 11) is -0.465. The Morgan fingerprint density at radius 3 is 2.62 bits per heavy atom. The maximum atomic E-state index is 12.1. The summed E-state index contributed by atoms with van der Waals surface area (Å²) in [5, 5.41) is 0.141. The summed E-state index contributed by atoms with van der Waals surface area (Å²) in [6.45, 7) is 11.0. The van der Waals surface area contributed by atoms with Crippen LogP contribution in [0.5, 0.6) is 0 Å². The highest BCUT2D eigenvalue weighted by Gasteiger charge is 2.40. The number of methoxy groups -OCH3 is 1. The number of Topliss-reactive ketones (excluding diaryl/α,β-unsaturated/α-hetero) is 1. The van der Waals surface area contributed by atoms with E-state index in [4.69, 9.17) is 4.43 Å². The van der Waals surface area contributed by atoms with Crippen molar-refractivity contribution in [1.29, 1.82) is 0 Å². The third-order valence-electron chi connectivity index (χ3n) is 4.50. The van der Waals surface area contributed by atoms with E-state index in [1.54, 1.807) is 0 Å². The topological polar surface area (TPSA) is 52.6 Å². The fraction of sp³-hybridized carbons (Fsp3) is 0.667. The van der Waals surface area contributed by atoms with Crippen molar-refractivity contribution in [1.82, 2.24) is 0 Å². The van der Waals surface area contributed by atoms with Gasteiger partial charge >= 0.3 is 5.97 Å². The molecule has 0 radical (unpaired) electrons. The Bertz CT molecular complexity index is 518. The molecule has 0 saturated heterocycles. The quantitative estimate of drug-likeness (QED) is 0.358. The van der Waals surface area contributed by atoms with E-state index < -0.39 is 8.32 Å². The van der Waals surface area contributed by atoms with Gasteiger partial charge in [-0.3, -0.25) is 9.59 Å². The molecule has 1 aliphatic rings. The molecule has 0 aromatic heterocycles. The van der Waals surface area contributed by atoms with Crippen LogP contribution in [-0.2, 0) is 18.8 Å². The van der Waals surface area contributed by atoms with Crippen molar-refractivity contribution in [2.45, 2.75) is 64.3 Å². The molecule has 136 valence electrons. The average Bonchev–Trinajstić information content (AvgIpc) is 2.80. The van der Waals surface area contributed by atoms with Crippen molar-refractivity contribution in [3.8, 4) is 0 Å². The van der Waals surface area contributed by atoms with E-state index in [1.165, 1.54) is 18.9 Å². The first-order valence-electron chi connectivity index (χ1n) is 8.34. The van der Waals surface area contributed by atoms with Gasteiger partial charge in [0.25, 0.3) is 0 Å². The molecule has 4 nitrogen and oxygen atoms in total. The lowest BCUT2D eigenvalue weighted by Crippen LogP contribution is -2.43. The Kier molecular flexibility index (Phi) is 7.96. The minimum atomic E-state index is -1.86. The van der Waals surface area contributed by atoms with Crippen LogP contribution < -0.4 is 0 Å². The number of carbonyl (C=O) groups is 2. The van der Waals surface area contributed by atoms with Gasteiger partial charge in [0, 0.05) is 23.5 Å². The minimum absolute atomic E-state index is 0.0794. The maximum absolute atomic E-state index is 12.1. The third kappa shape index (κ3) is 6.57. The number of ether oxygens (including phenoxy) is 1. The Morgan fingerprint density at radius 2 is 2.04 bits per heavy atom. The molecule has 6 heteroatoms. The number of allylic oxidation sites excluding steroid dienone is 2. The Labute approximate surface area is 151 Å². The molecule has 0 spiro atoms. The van der Waals surface area contributed by atoms with Crippen molar-refractivity contribution < 1.29 is 18.8 Å². The highest BCUT2D eigenvalue weighted by atomic mass is 32.2. The van der Waals surface area contributed by atoms with Gasteiger partial charge in [-0.25, -0.2) is 0 Å². The van der Waals surface area contributed by atoms with Crippen molar-refractivity contribution in [2.75, 3.05) is 12.9 Å². The number of thioether (sulfide) groups is 1. The van der Waals surface area contributed by atoms with Crippen LogP contribution in [0.25, 0.3) is 0 Å². The molecule has 0 amide bonds. The van der Waals surface area contributed by atoms with E-state index in [0.717, 1.165) is 10.7 Å². The monoisotopic (exact) mass is 370 g/mol. The number of ketones is 1. The van der Waals surface area contributed by atoms with Crippen LogP contribution in [0.3, 0.4) is 0 Å². The van der Waals surface area contributed by atoms with Gasteiger partial charge in [0.15, 0.2) is 14.1 Å². The molecule has 0 heterocycles. The number of rotatable bonds is 8. The standard InChI is InChI=1S/C18H30O4SSi/c1-18(2,3)24(5,6)22-14-12-15(19)16(13-14)23-11-9-7-8-10-17(20)21-4/h7,9,13-14H,8,10-12H2,1-6H3/b9-7-/t14-/m1/s1. The Morgan fingerprint density at radius 1 is 1.38 bits per heavy atom. The molecule has 0 aromatic carbocycles. The summed E-state index contributed by atoms with van der Waals surface area (Å²) < 4.78 is 10.9.